The van der Waals surface area contributed by atoms with E-state index in [9.17, 15) is 4.79 Å². The first-order valence-corrected chi connectivity index (χ1v) is 7.28. The smallest absolute Gasteiger partial charge is 0.225 e. The minimum Gasteiger partial charge on any atom is -0.342 e. The van der Waals surface area contributed by atoms with Crippen molar-refractivity contribution in [3.05, 3.63) is 0 Å². The van der Waals surface area contributed by atoms with Gasteiger partial charge in [-0.3, -0.25) is 4.79 Å². The van der Waals surface area contributed by atoms with Gasteiger partial charge in [0.15, 0.2) is 0 Å². The maximum absolute atomic E-state index is 12.5. The van der Waals surface area contributed by atoms with Crippen LogP contribution >= 0.6 is 0 Å². The number of carbonyl (C=O) groups excluding carboxylic acids is 1. The summed E-state index contributed by atoms with van der Waals surface area (Å²) in [4.78, 5) is 16.8. The second-order valence-corrected chi connectivity index (χ2v) is 6.11. The molecule has 2 fully saturated rings. The molecule has 104 valence electrons. The Kier molecular flexibility index (Phi) is 4.62. The summed E-state index contributed by atoms with van der Waals surface area (Å²) in [6.45, 7) is 2.21. The molecule has 1 aliphatic heterocycles. The maximum Gasteiger partial charge on any atom is 0.225 e. The quantitative estimate of drug-likeness (QED) is 0.800. The molecular formula is C14H27N3O. The lowest BCUT2D eigenvalue weighted by molar-refractivity contribution is -0.138. The standard InChI is InChI=1S/C14H27N3O/c1-16-8-6-13(7-9-16)17(2)14(18)11-4-3-5-12(15)10-11/h11-13H,3-10,15H2,1-2H3. The maximum atomic E-state index is 12.5. The highest BCUT2D eigenvalue weighted by Crippen LogP contribution is 2.26. The largest absolute Gasteiger partial charge is 0.342 e. The van der Waals surface area contributed by atoms with Gasteiger partial charge in [0.2, 0.25) is 5.91 Å². The van der Waals surface area contributed by atoms with Crippen LogP contribution in [0, 0.1) is 5.92 Å². The van der Waals surface area contributed by atoms with E-state index in [0.29, 0.717) is 11.9 Å². The molecule has 1 aliphatic carbocycles. The Hall–Kier alpha value is -0.610. The summed E-state index contributed by atoms with van der Waals surface area (Å²) < 4.78 is 0. The molecule has 0 aromatic carbocycles. The fourth-order valence-electron chi connectivity index (χ4n) is 3.30. The zero-order valence-corrected chi connectivity index (χ0v) is 11.8. The summed E-state index contributed by atoms with van der Waals surface area (Å²) in [5.41, 5.74) is 5.98. The van der Waals surface area contributed by atoms with Crippen LogP contribution in [0.1, 0.15) is 38.5 Å². The van der Waals surface area contributed by atoms with Crippen molar-refractivity contribution in [1.29, 1.82) is 0 Å². The number of hydrogen-bond acceptors (Lipinski definition) is 3. The third-order valence-electron chi connectivity index (χ3n) is 4.65. The van der Waals surface area contributed by atoms with Crippen molar-refractivity contribution < 1.29 is 4.79 Å². The fraction of sp³-hybridized carbons (Fsp3) is 0.929. The van der Waals surface area contributed by atoms with E-state index in [-0.39, 0.29) is 12.0 Å². The molecule has 2 unspecified atom stereocenters. The Balaban J connectivity index is 1.87. The van der Waals surface area contributed by atoms with E-state index in [1.165, 1.54) is 0 Å². The van der Waals surface area contributed by atoms with Crippen molar-refractivity contribution in [2.75, 3.05) is 27.2 Å². The molecule has 2 aliphatic rings. The molecule has 0 bridgehead atoms. The predicted octanol–water partition coefficient (Wildman–Crippen LogP) is 1.06. The summed E-state index contributed by atoms with van der Waals surface area (Å²) in [5, 5.41) is 0. The Bertz CT molecular complexity index is 287. The predicted molar refractivity (Wildman–Crippen MR) is 73.2 cm³/mol. The minimum atomic E-state index is 0.179. The van der Waals surface area contributed by atoms with E-state index >= 15 is 0 Å². The highest BCUT2D eigenvalue weighted by Gasteiger charge is 2.31. The van der Waals surface area contributed by atoms with Crippen molar-refractivity contribution in [2.45, 2.75) is 50.6 Å². The van der Waals surface area contributed by atoms with Crippen LogP contribution in [0.5, 0.6) is 0 Å². The molecule has 0 radical (unpaired) electrons. The van der Waals surface area contributed by atoms with Crippen LogP contribution in [0.3, 0.4) is 0 Å². The first kappa shape index (κ1) is 13.8. The van der Waals surface area contributed by atoms with Gasteiger partial charge in [-0.1, -0.05) is 6.42 Å². The van der Waals surface area contributed by atoms with Gasteiger partial charge < -0.3 is 15.5 Å². The lowest BCUT2D eigenvalue weighted by Gasteiger charge is -2.38. The molecule has 1 amide bonds. The monoisotopic (exact) mass is 253 g/mol. The average molecular weight is 253 g/mol. The van der Waals surface area contributed by atoms with Gasteiger partial charge in [0, 0.05) is 25.0 Å². The van der Waals surface area contributed by atoms with Gasteiger partial charge in [0.1, 0.15) is 0 Å². The van der Waals surface area contributed by atoms with Gasteiger partial charge in [-0.25, -0.2) is 0 Å². The first-order chi connectivity index (χ1) is 8.58. The molecule has 0 spiro atoms. The lowest BCUT2D eigenvalue weighted by Crippen LogP contribution is -2.47. The number of likely N-dealkylation sites (tertiary alicyclic amines) is 1. The van der Waals surface area contributed by atoms with Gasteiger partial charge in [0.05, 0.1) is 0 Å². The van der Waals surface area contributed by atoms with E-state index in [4.69, 9.17) is 5.73 Å². The van der Waals surface area contributed by atoms with Crippen molar-refractivity contribution in [3.63, 3.8) is 0 Å². The topological polar surface area (TPSA) is 49.6 Å². The second kappa shape index (κ2) is 6.02. The van der Waals surface area contributed by atoms with E-state index in [0.717, 1.165) is 51.6 Å². The van der Waals surface area contributed by atoms with Crippen molar-refractivity contribution >= 4 is 5.91 Å². The van der Waals surface area contributed by atoms with Crippen LogP contribution in [0.25, 0.3) is 0 Å². The average Bonchev–Trinajstić information content (AvgIpc) is 2.38. The van der Waals surface area contributed by atoms with E-state index in [2.05, 4.69) is 11.9 Å². The first-order valence-electron chi connectivity index (χ1n) is 7.28. The van der Waals surface area contributed by atoms with Crippen molar-refractivity contribution in [1.82, 2.24) is 9.80 Å². The molecule has 1 heterocycles. The summed E-state index contributed by atoms with van der Waals surface area (Å²) in [6.07, 6.45) is 6.33. The molecule has 2 N–H and O–H groups in total. The zero-order chi connectivity index (χ0) is 13.1. The van der Waals surface area contributed by atoms with E-state index in [1.54, 1.807) is 0 Å². The molecule has 1 saturated carbocycles. The van der Waals surface area contributed by atoms with E-state index < -0.39 is 0 Å². The molecule has 2 atom stereocenters. The molecule has 4 heteroatoms. The fourth-order valence-corrected chi connectivity index (χ4v) is 3.30. The number of hydrogen-bond donors (Lipinski definition) is 1. The zero-order valence-electron chi connectivity index (χ0n) is 11.8. The molecule has 0 aromatic rings. The highest BCUT2D eigenvalue weighted by atomic mass is 16.2. The van der Waals surface area contributed by atoms with Crippen molar-refractivity contribution in [3.8, 4) is 0 Å². The van der Waals surface area contributed by atoms with Crippen LogP contribution in [0.15, 0.2) is 0 Å². The molecule has 4 nitrogen and oxygen atoms in total. The Morgan fingerprint density at radius 1 is 1.22 bits per heavy atom. The van der Waals surface area contributed by atoms with Gasteiger partial charge in [-0.15, -0.1) is 0 Å². The van der Waals surface area contributed by atoms with Gasteiger partial charge in [-0.05, 0) is 52.2 Å². The minimum absolute atomic E-state index is 0.179. The Morgan fingerprint density at radius 3 is 2.50 bits per heavy atom. The normalized spacial score (nSPS) is 31.3. The Morgan fingerprint density at radius 2 is 1.89 bits per heavy atom. The number of piperidine rings is 1. The summed E-state index contributed by atoms with van der Waals surface area (Å²) >= 11 is 0. The molecule has 2 rings (SSSR count). The number of rotatable bonds is 2. The Labute approximate surface area is 110 Å². The third-order valence-corrected chi connectivity index (χ3v) is 4.65. The van der Waals surface area contributed by atoms with Crippen molar-refractivity contribution in [2.24, 2.45) is 11.7 Å². The molecule has 0 aromatic heterocycles. The highest BCUT2D eigenvalue weighted by molar-refractivity contribution is 5.79. The van der Waals surface area contributed by atoms with Gasteiger partial charge in [0.25, 0.3) is 0 Å². The second-order valence-electron chi connectivity index (χ2n) is 6.11. The van der Waals surface area contributed by atoms with Crippen LogP contribution in [-0.4, -0.2) is 55.0 Å². The van der Waals surface area contributed by atoms with Gasteiger partial charge >= 0.3 is 0 Å². The summed E-state index contributed by atoms with van der Waals surface area (Å²) in [6, 6.07) is 0.672. The summed E-state index contributed by atoms with van der Waals surface area (Å²) in [7, 11) is 4.14. The number of carbonyl (C=O) groups is 1. The molecule has 1 saturated heterocycles. The lowest BCUT2D eigenvalue weighted by atomic mass is 9.85. The van der Waals surface area contributed by atoms with E-state index in [1.807, 2.05) is 11.9 Å². The third kappa shape index (κ3) is 3.23. The SMILES string of the molecule is CN1CCC(N(C)C(=O)C2CCCC(N)C2)CC1. The van der Waals surface area contributed by atoms with Crippen LogP contribution in [0.2, 0.25) is 0 Å². The van der Waals surface area contributed by atoms with Gasteiger partial charge in [-0.2, -0.15) is 0 Å². The summed E-state index contributed by atoms with van der Waals surface area (Å²) in [5.74, 6) is 0.512. The number of nitrogens with zero attached hydrogens (tertiary/aromatic N) is 2. The van der Waals surface area contributed by atoms with Crippen LogP contribution in [-0.2, 0) is 4.79 Å². The number of amides is 1. The number of nitrogens with two attached hydrogens (primary N) is 1. The van der Waals surface area contributed by atoms with Crippen LogP contribution in [0.4, 0.5) is 0 Å². The molecular weight excluding hydrogens is 226 g/mol. The molecule has 18 heavy (non-hydrogen) atoms. The van der Waals surface area contributed by atoms with Crippen LogP contribution < -0.4 is 5.73 Å².